The highest BCUT2D eigenvalue weighted by Gasteiger charge is 2.31. The van der Waals surface area contributed by atoms with Crippen molar-refractivity contribution in [2.45, 2.75) is 85.2 Å². The maximum absolute atomic E-state index is 13.0. The van der Waals surface area contributed by atoms with Gasteiger partial charge in [-0.1, -0.05) is 27.2 Å². The fourth-order valence-corrected chi connectivity index (χ4v) is 3.80. The fraction of sp³-hybridized carbons (Fsp3) is 0.500. The van der Waals surface area contributed by atoms with Gasteiger partial charge in [0.25, 0.3) is 0 Å². The highest BCUT2D eigenvalue weighted by atomic mass is 19.4. The third-order valence-corrected chi connectivity index (χ3v) is 5.47. The van der Waals surface area contributed by atoms with E-state index >= 15 is 0 Å². The van der Waals surface area contributed by atoms with Gasteiger partial charge in [0, 0.05) is 23.5 Å². The molecule has 11 heteroatoms. The van der Waals surface area contributed by atoms with Crippen LogP contribution in [0.4, 0.5) is 19.0 Å². The first kappa shape index (κ1) is 29.9. The molecular weight excluding hydrogens is 511 g/mol. The summed E-state index contributed by atoms with van der Waals surface area (Å²) in [6.07, 6.45) is 1.68. The van der Waals surface area contributed by atoms with E-state index in [9.17, 15) is 18.0 Å². The van der Waals surface area contributed by atoms with Gasteiger partial charge in [0.2, 0.25) is 5.95 Å². The summed E-state index contributed by atoms with van der Waals surface area (Å²) >= 11 is 0. The maximum Gasteiger partial charge on any atom is 0.573 e. The van der Waals surface area contributed by atoms with Gasteiger partial charge in [0.15, 0.2) is 0 Å². The Morgan fingerprint density at radius 1 is 1.10 bits per heavy atom. The summed E-state index contributed by atoms with van der Waals surface area (Å²) < 4.78 is 48.6. The summed E-state index contributed by atoms with van der Waals surface area (Å²) in [7, 11) is 0. The van der Waals surface area contributed by atoms with Crippen molar-refractivity contribution in [1.82, 2.24) is 19.5 Å². The van der Waals surface area contributed by atoms with Crippen LogP contribution in [-0.4, -0.2) is 43.5 Å². The number of unbranched alkanes of at least 4 members (excludes halogenated alkanes) is 1. The number of ether oxygens (including phenoxy) is 2. The van der Waals surface area contributed by atoms with Crippen LogP contribution in [0.25, 0.3) is 17.2 Å². The van der Waals surface area contributed by atoms with Gasteiger partial charge < -0.3 is 14.8 Å². The van der Waals surface area contributed by atoms with Crippen molar-refractivity contribution < 1.29 is 27.4 Å². The fourth-order valence-electron chi connectivity index (χ4n) is 3.80. The van der Waals surface area contributed by atoms with E-state index in [1.165, 1.54) is 30.6 Å². The van der Waals surface area contributed by atoms with Gasteiger partial charge in [0.05, 0.1) is 5.69 Å². The van der Waals surface area contributed by atoms with Crippen LogP contribution in [-0.2, 0) is 16.0 Å². The van der Waals surface area contributed by atoms with E-state index in [1.807, 2.05) is 40.7 Å². The van der Waals surface area contributed by atoms with Crippen molar-refractivity contribution in [3.8, 4) is 23.0 Å². The van der Waals surface area contributed by atoms with Crippen molar-refractivity contribution in [3.05, 3.63) is 48.5 Å². The average Bonchev–Trinajstić information content (AvgIpc) is 3.31. The quantitative estimate of drug-likeness (QED) is 0.266. The molecule has 1 atom stereocenters. The summed E-state index contributed by atoms with van der Waals surface area (Å²) in [6, 6.07) is 6.71. The Morgan fingerprint density at radius 3 is 2.38 bits per heavy atom. The van der Waals surface area contributed by atoms with E-state index in [-0.39, 0.29) is 17.6 Å². The third-order valence-electron chi connectivity index (χ3n) is 5.47. The lowest BCUT2D eigenvalue weighted by Crippen LogP contribution is -2.37. The SMILES string of the molecule is CCCCc1cc(NC(CC(C)C)C(=O)OC(C)(C)C)nc(-n2cnc(-c3ccc(OC(F)(F)F)cc3)c2)n1. The van der Waals surface area contributed by atoms with Gasteiger partial charge >= 0.3 is 12.3 Å². The van der Waals surface area contributed by atoms with Gasteiger partial charge in [-0.3, -0.25) is 4.57 Å². The monoisotopic (exact) mass is 547 g/mol. The highest BCUT2D eigenvalue weighted by molar-refractivity contribution is 5.79. The van der Waals surface area contributed by atoms with E-state index in [0.29, 0.717) is 29.4 Å². The van der Waals surface area contributed by atoms with E-state index in [4.69, 9.17) is 4.74 Å². The highest BCUT2D eigenvalue weighted by Crippen LogP contribution is 2.26. The van der Waals surface area contributed by atoms with Gasteiger partial charge in [-0.05, 0) is 70.2 Å². The summed E-state index contributed by atoms with van der Waals surface area (Å²) in [5.41, 5.74) is 1.31. The average molecular weight is 548 g/mol. The molecule has 1 unspecified atom stereocenters. The number of halogens is 3. The number of nitrogens with one attached hydrogen (secondary N) is 1. The first-order valence-electron chi connectivity index (χ1n) is 13.0. The van der Waals surface area contributed by atoms with Gasteiger partial charge in [-0.25, -0.2) is 14.8 Å². The van der Waals surface area contributed by atoms with Crippen molar-refractivity contribution in [2.24, 2.45) is 5.92 Å². The molecule has 2 heterocycles. The van der Waals surface area contributed by atoms with E-state index in [0.717, 1.165) is 25.0 Å². The van der Waals surface area contributed by atoms with Crippen LogP contribution in [0.15, 0.2) is 42.9 Å². The van der Waals surface area contributed by atoms with Crippen molar-refractivity contribution in [2.75, 3.05) is 5.32 Å². The lowest BCUT2D eigenvalue weighted by atomic mass is 10.0. The van der Waals surface area contributed by atoms with Crippen LogP contribution in [0.5, 0.6) is 5.75 Å². The van der Waals surface area contributed by atoms with Crippen LogP contribution >= 0.6 is 0 Å². The molecule has 0 aliphatic rings. The zero-order chi connectivity index (χ0) is 28.8. The number of alkyl halides is 3. The molecule has 212 valence electrons. The molecule has 3 aromatic rings. The van der Waals surface area contributed by atoms with Crippen LogP contribution in [0.2, 0.25) is 0 Å². The molecule has 1 aromatic carbocycles. The largest absolute Gasteiger partial charge is 0.573 e. The van der Waals surface area contributed by atoms with Gasteiger partial charge in [-0.15, -0.1) is 13.2 Å². The molecule has 2 aromatic heterocycles. The van der Waals surface area contributed by atoms with Crippen molar-refractivity contribution >= 4 is 11.8 Å². The van der Waals surface area contributed by atoms with Crippen LogP contribution < -0.4 is 10.1 Å². The first-order valence-corrected chi connectivity index (χ1v) is 13.0. The molecule has 0 amide bonds. The molecule has 0 spiro atoms. The second-order valence-corrected chi connectivity index (χ2v) is 10.7. The molecule has 3 rings (SSSR count). The Kier molecular flexibility index (Phi) is 9.58. The second kappa shape index (κ2) is 12.5. The molecule has 39 heavy (non-hydrogen) atoms. The number of carbonyl (C=O) groups is 1. The minimum Gasteiger partial charge on any atom is -0.458 e. The number of rotatable bonds is 11. The van der Waals surface area contributed by atoms with Crippen molar-refractivity contribution in [1.29, 1.82) is 0 Å². The summed E-state index contributed by atoms with van der Waals surface area (Å²) in [4.78, 5) is 26.7. The Labute approximate surface area is 227 Å². The number of hydrogen-bond acceptors (Lipinski definition) is 7. The van der Waals surface area contributed by atoms with Crippen LogP contribution in [0.3, 0.4) is 0 Å². The predicted molar refractivity (Wildman–Crippen MR) is 143 cm³/mol. The normalized spacial score (nSPS) is 12.9. The molecule has 0 radical (unpaired) electrons. The third kappa shape index (κ3) is 9.56. The first-order chi connectivity index (χ1) is 18.2. The topological polar surface area (TPSA) is 91.2 Å². The Morgan fingerprint density at radius 2 is 1.79 bits per heavy atom. The second-order valence-electron chi connectivity index (χ2n) is 10.7. The summed E-state index contributed by atoms with van der Waals surface area (Å²) in [5.74, 6) is 0.421. The minimum atomic E-state index is -4.76. The zero-order valence-electron chi connectivity index (χ0n) is 23.2. The number of aryl methyl sites for hydroxylation is 1. The smallest absolute Gasteiger partial charge is 0.458 e. The molecule has 0 fully saturated rings. The molecule has 0 bridgehead atoms. The Hall–Kier alpha value is -3.63. The van der Waals surface area contributed by atoms with Gasteiger partial charge in [-0.2, -0.15) is 4.98 Å². The summed E-state index contributed by atoms with van der Waals surface area (Å²) in [6.45, 7) is 11.6. The van der Waals surface area contributed by atoms with E-state index in [1.54, 1.807) is 10.8 Å². The van der Waals surface area contributed by atoms with Crippen LogP contribution in [0.1, 0.15) is 66.5 Å². The Bertz CT molecular complexity index is 1230. The Balaban J connectivity index is 1.90. The number of nitrogens with zero attached hydrogens (tertiary/aromatic N) is 4. The van der Waals surface area contributed by atoms with E-state index in [2.05, 4.69) is 31.9 Å². The lowest BCUT2D eigenvalue weighted by molar-refractivity contribution is -0.274. The molecular formula is C28H36F3N5O3. The molecule has 0 aliphatic carbocycles. The number of imidazole rings is 1. The standard InChI is InChI=1S/C28H36F3N5O3/c1-7-8-9-20-15-24(34-22(14-18(2)3)25(37)39-27(4,5)6)35-26(33-20)36-16-23(32-17-36)19-10-12-21(13-11-19)38-28(29,30)31/h10-13,15-18,22H,7-9,14H2,1-6H3,(H,33,34,35). The molecule has 8 nitrogen and oxygen atoms in total. The number of hydrogen-bond donors (Lipinski definition) is 1. The number of anilines is 1. The minimum absolute atomic E-state index is 0.236. The number of benzene rings is 1. The molecule has 1 N–H and O–H groups in total. The summed E-state index contributed by atoms with van der Waals surface area (Å²) in [5, 5.41) is 3.26. The van der Waals surface area contributed by atoms with Crippen LogP contribution in [0, 0.1) is 5.92 Å². The number of carbonyl (C=O) groups excluding carboxylic acids is 1. The predicted octanol–water partition coefficient (Wildman–Crippen LogP) is 6.74. The van der Waals surface area contributed by atoms with E-state index < -0.39 is 18.0 Å². The van der Waals surface area contributed by atoms with Crippen molar-refractivity contribution in [3.63, 3.8) is 0 Å². The number of aromatic nitrogens is 4. The molecule has 0 aliphatic heterocycles. The molecule has 0 saturated carbocycles. The van der Waals surface area contributed by atoms with Gasteiger partial charge in [0.1, 0.15) is 29.5 Å². The lowest BCUT2D eigenvalue weighted by Gasteiger charge is -2.26. The zero-order valence-corrected chi connectivity index (χ0v) is 23.2. The number of esters is 1. The molecule has 0 saturated heterocycles. The maximum atomic E-state index is 13.0.